The van der Waals surface area contributed by atoms with Crippen molar-refractivity contribution in [1.82, 2.24) is 15.5 Å². The Balaban J connectivity index is 1.60. The van der Waals surface area contributed by atoms with E-state index in [2.05, 4.69) is 20.5 Å². The normalized spacial score (nSPS) is 16.0. The van der Waals surface area contributed by atoms with Crippen LogP contribution in [0.1, 0.15) is 31.2 Å². The summed E-state index contributed by atoms with van der Waals surface area (Å²) >= 11 is 0. The summed E-state index contributed by atoms with van der Waals surface area (Å²) in [7, 11) is 1.74. The van der Waals surface area contributed by atoms with Crippen molar-refractivity contribution < 1.29 is 4.39 Å². The molecule has 0 unspecified atom stereocenters. The van der Waals surface area contributed by atoms with Crippen LogP contribution in [0.25, 0.3) is 0 Å². The van der Waals surface area contributed by atoms with E-state index < -0.39 is 0 Å². The summed E-state index contributed by atoms with van der Waals surface area (Å²) in [5.41, 5.74) is 0.652. The number of hydrogen-bond acceptors (Lipinski definition) is 2. The summed E-state index contributed by atoms with van der Waals surface area (Å²) < 4.78 is 13.5. The standard InChI is InChI=1S/C17H27FN4/c1-19-17(21-14-15-8-2-3-9-16(15)18)20-10-4-5-11-22-12-6-7-13-22/h2-3,8-9H,4-7,10-14H2,1H3,(H2,19,20,21). The van der Waals surface area contributed by atoms with E-state index in [4.69, 9.17) is 0 Å². The highest BCUT2D eigenvalue weighted by atomic mass is 19.1. The summed E-state index contributed by atoms with van der Waals surface area (Å²) in [6.45, 7) is 5.06. The zero-order valence-electron chi connectivity index (χ0n) is 13.4. The van der Waals surface area contributed by atoms with E-state index >= 15 is 0 Å². The van der Waals surface area contributed by atoms with Crippen molar-refractivity contribution in [3.8, 4) is 0 Å². The zero-order valence-corrected chi connectivity index (χ0v) is 13.4. The molecule has 0 atom stereocenters. The summed E-state index contributed by atoms with van der Waals surface area (Å²) in [5, 5.41) is 6.43. The Labute approximate surface area is 132 Å². The van der Waals surface area contributed by atoms with Gasteiger partial charge >= 0.3 is 0 Å². The molecule has 1 aromatic carbocycles. The lowest BCUT2D eigenvalue weighted by atomic mass is 10.2. The van der Waals surface area contributed by atoms with Gasteiger partial charge in [-0.1, -0.05) is 18.2 Å². The molecule has 5 heteroatoms. The second-order valence-corrected chi connectivity index (χ2v) is 5.70. The predicted molar refractivity (Wildman–Crippen MR) is 89.5 cm³/mol. The van der Waals surface area contributed by atoms with Crippen LogP contribution < -0.4 is 10.6 Å². The maximum Gasteiger partial charge on any atom is 0.191 e. The van der Waals surface area contributed by atoms with Crippen LogP contribution in [0, 0.1) is 5.82 Å². The van der Waals surface area contributed by atoms with Crippen LogP contribution in [-0.4, -0.2) is 44.1 Å². The van der Waals surface area contributed by atoms with Gasteiger partial charge in [-0.3, -0.25) is 4.99 Å². The predicted octanol–water partition coefficient (Wildman–Crippen LogP) is 2.37. The molecule has 2 N–H and O–H groups in total. The molecule has 0 spiro atoms. The molecule has 1 aromatic rings. The molecule has 22 heavy (non-hydrogen) atoms. The van der Waals surface area contributed by atoms with Crippen molar-refractivity contribution in [2.45, 2.75) is 32.2 Å². The van der Waals surface area contributed by atoms with Crippen LogP contribution in [0.2, 0.25) is 0 Å². The first-order chi connectivity index (χ1) is 10.8. The van der Waals surface area contributed by atoms with Gasteiger partial charge in [-0.25, -0.2) is 4.39 Å². The fourth-order valence-corrected chi connectivity index (χ4v) is 2.71. The SMILES string of the molecule is CN=C(NCCCCN1CCCC1)NCc1ccccc1F. The average molecular weight is 306 g/mol. The van der Waals surface area contributed by atoms with Gasteiger partial charge in [0.15, 0.2) is 5.96 Å². The number of likely N-dealkylation sites (tertiary alicyclic amines) is 1. The fraction of sp³-hybridized carbons (Fsp3) is 0.588. The lowest BCUT2D eigenvalue weighted by Crippen LogP contribution is -2.37. The highest BCUT2D eigenvalue weighted by Crippen LogP contribution is 2.08. The van der Waals surface area contributed by atoms with E-state index in [9.17, 15) is 4.39 Å². The van der Waals surface area contributed by atoms with E-state index in [1.54, 1.807) is 19.2 Å². The Kier molecular flexibility index (Phi) is 7.16. The van der Waals surface area contributed by atoms with Gasteiger partial charge in [0, 0.05) is 25.7 Å². The molecular weight excluding hydrogens is 279 g/mol. The molecule has 1 heterocycles. The van der Waals surface area contributed by atoms with E-state index in [1.165, 1.54) is 45.0 Å². The summed E-state index contributed by atoms with van der Waals surface area (Å²) in [6.07, 6.45) is 5.03. The number of nitrogens with one attached hydrogen (secondary N) is 2. The third-order valence-electron chi connectivity index (χ3n) is 4.02. The minimum atomic E-state index is -0.184. The van der Waals surface area contributed by atoms with Crippen molar-refractivity contribution >= 4 is 5.96 Å². The smallest absolute Gasteiger partial charge is 0.191 e. The van der Waals surface area contributed by atoms with E-state index in [0.717, 1.165) is 18.9 Å². The van der Waals surface area contributed by atoms with E-state index in [1.807, 2.05) is 6.07 Å². The molecule has 1 aliphatic heterocycles. The molecule has 1 fully saturated rings. The van der Waals surface area contributed by atoms with Gasteiger partial charge in [0.05, 0.1) is 0 Å². The highest BCUT2D eigenvalue weighted by Gasteiger charge is 2.10. The molecule has 0 radical (unpaired) electrons. The van der Waals surface area contributed by atoms with Crippen molar-refractivity contribution in [2.75, 3.05) is 33.2 Å². The van der Waals surface area contributed by atoms with Gasteiger partial charge in [0.25, 0.3) is 0 Å². The minimum Gasteiger partial charge on any atom is -0.356 e. The van der Waals surface area contributed by atoms with E-state index in [0.29, 0.717) is 12.1 Å². The first kappa shape index (κ1) is 16.7. The molecule has 122 valence electrons. The number of guanidine groups is 1. The highest BCUT2D eigenvalue weighted by molar-refractivity contribution is 5.79. The fourth-order valence-electron chi connectivity index (χ4n) is 2.71. The molecule has 2 rings (SSSR count). The zero-order chi connectivity index (χ0) is 15.6. The third kappa shape index (κ3) is 5.64. The Bertz CT molecular complexity index is 469. The number of unbranched alkanes of at least 4 members (excludes halogenated alkanes) is 1. The van der Waals surface area contributed by atoms with Gasteiger partial charge in [-0.05, 0) is 51.4 Å². The maximum absolute atomic E-state index is 13.5. The van der Waals surface area contributed by atoms with Crippen molar-refractivity contribution in [3.63, 3.8) is 0 Å². The number of hydrogen-bond donors (Lipinski definition) is 2. The topological polar surface area (TPSA) is 39.7 Å². The monoisotopic (exact) mass is 306 g/mol. The molecular formula is C17H27FN4. The molecule has 1 saturated heterocycles. The first-order valence-electron chi connectivity index (χ1n) is 8.20. The van der Waals surface area contributed by atoms with Crippen molar-refractivity contribution in [2.24, 2.45) is 4.99 Å². The van der Waals surface area contributed by atoms with Crippen LogP contribution in [0.15, 0.2) is 29.3 Å². The van der Waals surface area contributed by atoms with Gasteiger partial charge in [-0.2, -0.15) is 0 Å². The quantitative estimate of drug-likeness (QED) is 0.461. The number of halogens is 1. The van der Waals surface area contributed by atoms with Crippen molar-refractivity contribution in [1.29, 1.82) is 0 Å². The molecule has 1 aliphatic rings. The van der Waals surface area contributed by atoms with Crippen LogP contribution in [0.4, 0.5) is 4.39 Å². The minimum absolute atomic E-state index is 0.184. The molecule has 0 bridgehead atoms. The van der Waals surface area contributed by atoms with Gasteiger partial charge < -0.3 is 15.5 Å². The molecule has 0 saturated carbocycles. The van der Waals surface area contributed by atoms with E-state index in [-0.39, 0.29) is 5.82 Å². The van der Waals surface area contributed by atoms with Crippen LogP contribution in [-0.2, 0) is 6.54 Å². The molecule has 0 aliphatic carbocycles. The van der Waals surface area contributed by atoms with Gasteiger partial charge in [0.1, 0.15) is 5.82 Å². The maximum atomic E-state index is 13.5. The third-order valence-corrected chi connectivity index (χ3v) is 4.02. The number of benzene rings is 1. The summed E-state index contributed by atoms with van der Waals surface area (Å²) in [6, 6.07) is 6.80. The summed E-state index contributed by atoms with van der Waals surface area (Å²) in [5.74, 6) is 0.542. The Hall–Kier alpha value is -1.62. The molecule has 0 amide bonds. The van der Waals surface area contributed by atoms with Crippen molar-refractivity contribution in [3.05, 3.63) is 35.6 Å². The second kappa shape index (κ2) is 9.41. The second-order valence-electron chi connectivity index (χ2n) is 5.70. The molecule has 4 nitrogen and oxygen atoms in total. The lowest BCUT2D eigenvalue weighted by Gasteiger charge is -2.15. The van der Waals surface area contributed by atoms with Gasteiger partial charge in [-0.15, -0.1) is 0 Å². The largest absolute Gasteiger partial charge is 0.356 e. The number of aliphatic imine (C=N–C) groups is 1. The molecule has 0 aromatic heterocycles. The number of rotatable bonds is 7. The first-order valence-corrected chi connectivity index (χ1v) is 8.20. The summed E-state index contributed by atoms with van der Waals surface area (Å²) in [4.78, 5) is 6.70. The van der Waals surface area contributed by atoms with Crippen LogP contribution >= 0.6 is 0 Å². The van der Waals surface area contributed by atoms with Crippen LogP contribution in [0.5, 0.6) is 0 Å². The number of nitrogens with zero attached hydrogens (tertiary/aromatic N) is 2. The van der Waals surface area contributed by atoms with Gasteiger partial charge in [0.2, 0.25) is 0 Å². The lowest BCUT2D eigenvalue weighted by molar-refractivity contribution is 0.330. The Morgan fingerprint density at radius 2 is 1.95 bits per heavy atom. The Morgan fingerprint density at radius 1 is 1.18 bits per heavy atom. The Morgan fingerprint density at radius 3 is 2.68 bits per heavy atom. The average Bonchev–Trinajstić information content (AvgIpc) is 3.05. The van der Waals surface area contributed by atoms with Crippen LogP contribution in [0.3, 0.4) is 0 Å².